The standard InChI is InChI=1S/C27H27NO4P/c29-25-19-20-26(30)28(25)32-27(31)18-10-11-21-33(22-12-4-1-5-13-22,23-14-6-2-7-15-23)24-16-8-3-9-17-24/h1-9,12-17H,10-11,18-21H2/q+1. The molecule has 1 saturated heterocycles. The molecule has 33 heavy (non-hydrogen) atoms. The summed E-state index contributed by atoms with van der Waals surface area (Å²) < 4.78 is 0. The van der Waals surface area contributed by atoms with Gasteiger partial charge in [0.1, 0.15) is 23.2 Å². The number of amides is 2. The first-order chi connectivity index (χ1) is 16.1. The van der Waals surface area contributed by atoms with Crippen molar-refractivity contribution < 1.29 is 19.2 Å². The highest BCUT2D eigenvalue weighted by atomic mass is 31.2. The molecule has 1 aliphatic heterocycles. The van der Waals surface area contributed by atoms with Gasteiger partial charge in [0.05, 0.1) is 6.16 Å². The molecule has 4 rings (SSSR count). The predicted molar refractivity (Wildman–Crippen MR) is 131 cm³/mol. The molecule has 0 radical (unpaired) electrons. The predicted octanol–water partition coefficient (Wildman–Crippen LogP) is 3.76. The Hall–Kier alpha value is -3.30. The molecule has 5 nitrogen and oxygen atoms in total. The Morgan fingerprint density at radius 2 is 1.12 bits per heavy atom. The van der Waals surface area contributed by atoms with E-state index >= 15 is 0 Å². The van der Waals surface area contributed by atoms with Gasteiger partial charge in [-0.05, 0) is 49.2 Å². The third kappa shape index (κ3) is 5.04. The average Bonchev–Trinajstić information content (AvgIpc) is 3.18. The zero-order valence-corrected chi connectivity index (χ0v) is 19.3. The van der Waals surface area contributed by atoms with Gasteiger partial charge in [-0.2, -0.15) is 0 Å². The van der Waals surface area contributed by atoms with Crippen molar-refractivity contribution in [1.29, 1.82) is 0 Å². The summed E-state index contributed by atoms with van der Waals surface area (Å²) in [5, 5.41) is 4.53. The lowest BCUT2D eigenvalue weighted by Gasteiger charge is -2.27. The second-order valence-corrected chi connectivity index (χ2v) is 11.7. The minimum absolute atomic E-state index is 0.102. The van der Waals surface area contributed by atoms with E-state index in [0.717, 1.165) is 12.6 Å². The lowest BCUT2D eigenvalue weighted by Crippen LogP contribution is -2.33. The van der Waals surface area contributed by atoms with Crippen molar-refractivity contribution in [3.8, 4) is 0 Å². The van der Waals surface area contributed by atoms with Gasteiger partial charge >= 0.3 is 5.97 Å². The SMILES string of the molecule is O=C(CCCC[P+](c1ccccc1)(c1ccccc1)c1ccccc1)ON1C(=O)CCC1=O. The molecular formula is C27H27NO4P+. The fourth-order valence-corrected chi connectivity index (χ4v) is 8.72. The van der Waals surface area contributed by atoms with Crippen molar-refractivity contribution in [2.45, 2.75) is 32.1 Å². The first-order valence-corrected chi connectivity index (χ1v) is 13.2. The molecule has 0 bridgehead atoms. The molecular weight excluding hydrogens is 433 g/mol. The first-order valence-electron chi connectivity index (χ1n) is 11.2. The van der Waals surface area contributed by atoms with Crippen molar-refractivity contribution >= 4 is 41.0 Å². The van der Waals surface area contributed by atoms with Gasteiger partial charge < -0.3 is 4.84 Å². The average molecular weight is 460 g/mol. The zero-order chi connectivity index (χ0) is 23.1. The maximum Gasteiger partial charge on any atom is 0.333 e. The summed E-state index contributed by atoms with van der Waals surface area (Å²) in [5.41, 5.74) is 0. The van der Waals surface area contributed by atoms with Crippen LogP contribution in [-0.4, -0.2) is 29.0 Å². The zero-order valence-electron chi connectivity index (χ0n) is 18.4. The van der Waals surface area contributed by atoms with Gasteiger partial charge in [-0.3, -0.25) is 9.59 Å². The molecule has 3 aromatic carbocycles. The number of unbranched alkanes of at least 4 members (excludes halogenated alkanes) is 1. The minimum atomic E-state index is -1.93. The number of hydroxylamine groups is 2. The summed E-state index contributed by atoms with van der Waals surface area (Å²) in [6.07, 6.45) is 2.69. The monoisotopic (exact) mass is 460 g/mol. The molecule has 0 N–H and O–H groups in total. The summed E-state index contributed by atoms with van der Waals surface area (Å²) in [7, 11) is -1.93. The van der Waals surface area contributed by atoms with Crippen LogP contribution in [0.25, 0.3) is 0 Å². The van der Waals surface area contributed by atoms with Gasteiger partial charge in [0.2, 0.25) is 0 Å². The third-order valence-electron chi connectivity index (χ3n) is 5.91. The number of rotatable bonds is 9. The summed E-state index contributed by atoms with van der Waals surface area (Å²) in [5.74, 6) is -1.44. The highest BCUT2D eigenvalue weighted by molar-refractivity contribution is 7.95. The Morgan fingerprint density at radius 3 is 1.55 bits per heavy atom. The molecule has 1 aliphatic rings. The van der Waals surface area contributed by atoms with Crippen LogP contribution in [0.1, 0.15) is 32.1 Å². The van der Waals surface area contributed by atoms with Crippen LogP contribution >= 0.6 is 7.26 Å². The molecule has 0 atom stereocenters. The van der Waals surface area contributed by atoms with Crippen molar-refractivity contribution in [3.63, 3.8) is 0 Å². The fourth-order valence-electron chi connectivity index (χ4n) is 4.31. The quantitative estimate of drug-likeness (QED) is 0.277. The van der Waals surface area contributed by atoms with Crippen LogP contribution in [0.4, 0.5) is 0 Å². The second-order valence-electron chi connectivity index (χ2n) is 8.04. The van der Waals surface area contributed by atoms with E-state index in [-0.39, 0.29) is 19.3 Å². The van der Waals surface area contributed by atoms with E-state index in [4.69, 9.17) is 4.84 Å². The van der Waals surface area contributed by atoms with Gasteiger partial charge in [-0.25, -0.2) is 4.79 Å². The van der Waals surface area contributed by atoms with Crippen molar-refractivity contribution in [2.24, 2.45) is 0 Å². The smallest absolute Gasteiger partial charge is 0.330 e. The highest BCUT2D eigenvalue weighted by Gasteiger charge is 2.44. The number of hydrogen-bond donors (Lipinski definition) is 0. The molecule has 0 aromatic heterocycles. The molecule has 0 saturated carbocycles. The molecule has 0 aliphatic carbocycles. The van der Waals surface area contributed by atoms with E-state index in [2.05, 4.69) is 72.8 Å². The van der Waals surface area contributed by atoms with Crippen LogP contribution in [0.2, 0.25) is 0 Å². The number of benzene rings is 3. The van der Waals surface area contributed by atoms with Gasteiger partial charge in [0.25, 0.3) is 11.8 Å². The lowest BCUT2D eigenvalue weighted by molar-refractivity contribution is -0.197. The Kier molecular flexibility index (Phi) is 7.31. The first kappa shape index (κ1) is 22.9. The van der Waals surface area contributed by atoms with Gasteiger partial charge in [0.15, 0.2) is 0 Å². The van der Waals surface area contributed by atoms with E-state index in [0.29, 0.717) is 11.5 Å². The molecule has 6 heteroatoms. The third-order valence-corrected chi connectivity index (χ3v) is 10.4. The number of nitrogens with zero attached hydrogens (tertiary/aromatic N) is 1. The lowest BCUT2D eigenvalue weighted by atomic mass is 10.2. The van der Waals surface area contributed by atoms with Crippen LogP contribution in [0.3, 0.4) is 0 Å². The topological polar surface area (TPSA) is 63.7 Å². The van der Waals surface area contributed by atoms with E-state index in [1.165, 1.54) is 15.9 Å². The number of carbonyl (C=O) groups excluding carboxylic acids is 3. The maximum absolute atomic E-state index is 12.3. The normalized spacial score (nSPS) is 13.9. The van der Waals surface area contributed by atoms with Gasteiger partial charge in [-0.15, -0.1) is 5.06 Å². The molecule has 0 unspecified atom stereocenters. The molecule has 0 spiro atoms. The molecule has 1 heterocycles. The van der Waals surface area contributed by atoms with Crippen LogP contribution in [-0.2, 0) is 19.2 Å². The molecule has 1 fully saturated rings. The van der Waals surface area contributed by atoms with Crippen molar-refractivity contribution in [3.05, 3.63) is 91.0 Å². The van der Waals surface area contributed by atoms with E-state index in [9.17, 15) is 14.4 Å². The molecule has 2 amide bonds. The fraction of sp³-hybridized carbons (Fsp3) is 0.222. The van der Waals surface area contributed by atoms with Crippen LogP contribution in [0.5, 0.6) is 0 Å². The summed E-state index contributed by atoms with van der Waals surface area (Å²) in [4.78, 5) is 40.7. The van der Waals surface area contributed by atoms with E-state index < -0.39 is 25.0 Å². The number of imide groups is 1. The van der Waals surface area contributed by atoms with Gasteiger partial charge in [0, 0.05) is 19.3 Å². The number of carbonyl (C=O) groups is 3. The maximum atomic E-state index is 12.3. The van der Waals surface area contributed by atoms with Crippen LogP contribution in [0.15, 0.2) is 91.0 Å². The Bertz CT molecular complexity index is 990. The number of hydrogen-bond acceptors (Lipinski definition) is 4. The Labute approximate surface area is 194 Å². The summed E-state index contributed by atoms with van der Waals surface area (Å²) in [6.45, 7) is 0. The largest absolute Gasteiger partial charge is 0.333 e. The van der Waals surface area contributed by atoms with Crippen LogP contribution < -0.4 is 15.9 Å². The highest BCUT2D eigenvalue weighted by Crippen LogP contribution is 2.55. The van der Waals surface area contributed by atoms with E-state index in [1.54, 1.807) is 0 Å². The van der Waals surface area contributed by atoms with E-state index in [1.807, 2.05) is 18.2 Å². The van der Waals surface area contributed by atoms with Crippen LogP contribution in [0, 0.1) is 0 Å². The Morgan fingerprint density at radius 1 is 0.697 bits per heavy atom. The van der Waals surface area contributed by atoms with Crippen molar-refractivity contribution in [2.75, 3.05) is 6.16 Å². The second kappa shape index (κ2) is 10.5. The van der Waals surface area contributed by atoms with Gasteiger partial charge in [-0.1, -0.05) is 54.6 Å². The summed E-state index contributed by atoms with van der Waals surface area (Å²) >= 11 is 0. The molecule has 3 aromatic rings. The molecule has 168 valence electrons. The van der Waals surface area contributed by atoms with Crippen molar-refractivity contribution in [1.82, 2.24) is 5.06 Å². The Balaban J connectivity index is 1.54. The summed E-state index contributed by atoms with van der Waals surface area (Å²) in [6, 6.07) is 31.8. The minimum Gasteiger partial charge on any atom is -0.330 e.